The molecule has 28 heavy (non-hydrogen) atoms. The van der Waals surface area contributed by atoms with Gasteiger partial charge in [-0.3, -0.25) is 4.79 Å². The molecule has 1 amide bonds. The van der Waals surface area contributed by atoms with Crippen LogP contribution in [0.5, 0.6) is 0 Å². The summed E-state index contributed by atoms with van der Waals surface area (Å²) < 4.78 is 1.84. The lowest BCUT2D eigenvalue weighted by molar-refractivity contribution is 0.100. The lowest BCUT2D eigenvalue weighted by Crippen LogP contribution is -2.41. The number of fused-ring (bicyclic) bond motifs is 2. The van der Waals surface area contributed by atoms with Crippen molar-refractivity contribution < 1.29 is 4.79 Å². The number of benzene rings is 2. The van der Waals surface area contributed by atoms with E-state index in [1.165, 1.54) is 18.4 Å². The largest absolute Gasteiger partial charge is 0.366 e. The molecule has 2 atom stereocenters. The van der Waals surface area contributed by atoms with Gasteiger partial charge in [-0.2, -0.15) is 5.10 Å². The number of piperidine rings is 1. The van der Waals surface area contributed by atoms with E-state index in [1.807, 2.05) is 23.0 Å². The minimum atomic E-state index is -0.449. The lowest BCUT2D eigenvalue weighted by atomic mass is 9.75. The van der Waals surface area contributed by atoms with Crippen molar-refractivity contribution in [1.82, 2.24) is 15.1 Å². The molecule has 3 N–H and O–H groups in total. The molecule has 2 heterocycles. The van der Waals surface area contributed by atoms with Gasteiger partial charge in [0.25, 0.3) is 5.91 Å². The number of hydrogen-bond acceptors (Lipinski definition) is 3. The average molecular weight is 374 g/mol. The van der Waals surface area contributed by atoms with Gasteiger partial charge in [0, 0.05) is 23.5 Å². The van der Waals surface area contributed by atoms with Gasteiger partial charge in [0.15, 0.2) is 0 Å². The summed E-state index contributed by atoms with van der Waals surface area (Å²) in [5.74, 6) is 0.221. The van der Waals surface area contributed by atoms with Gasteiger partial charge >= 0.3 is 0 Å². The average Bonchev–Trinajstić information content (AvgIpc) is 3.24. The summed E-state index contributed by atoms with van der Waals surface area (Å²) in [6.45, 7) is 6.92. The molecule has 1 saturated heterocycles. The minimum absolute atomic E-state index is 0.318. The SMILES string of the molecule is CC(C)C12CNCCC1(c1ccc(-n3cc4cccc(C(N)=O)c4n3)cc1)C2. The topological polar surface area (TPSA) is 72.9 Å². The molecule has 0 radical (unpaired) electrons. The van der Waals surface area contributed by atoms with E-state index in [0.29, 0.717) is 27.8 Å². The Morgan fingerprint density at radius 2 is 2.00 bits per heavy atom. The lowest BCUT2D eigenvalue weighted by Gasteiger charge is -2.34. The van der Waals surface area contributed by atoms with E-state index < -0.39 is 5.91 Å². The molecule has 1 aliphatic heterocycles. The van der Waals surface area contributed by atoms with Crippen molar-refractivity contribution in [3.63, 3.8) is 0 Å². The third kappa shape index (κ3) is 2.29. The first-order valence-electron chi connectivity index (χ1n) is 10.1. The van der Waals surface area contributed by atoms with E-state index in [4.69, 9.17) is 5.73 Å². The van der Waals surface area contributed by atoms with Crippen molar-refractivity contribution in [2.45, 2.75) is 32.1 Å². The molecule has 2 aromatic carbocycles. The summed E-state index contributed by atoms with van der Waals surface area (Å²) in [5, 5.41) is 9.14. The molecule has 3 aromatic rings. The van der Waals surface area contributed by atoms with Crippen molar-refractivity contribution in [1.29, 1.82) is 0 Å². The highest BCUT2D eigenvalue weighted by Gasteiger charge is 2.69. The predicted molar refractivity (Wildman–Crippen MR) is 111 cm³/mol. The Morgan fingerprint density at radius 3 is 2.71 bits per heavy atom. The van der Waals surface area contributed by atoms with Crippen LogP contribution in [-0.4, -0.2) is 28.8 Å². The van der Waals surface area contributed by atoms with E-state index in [-0.39, 0.29) is 0 Å². The Bertz CT molecular complexity index is 1070. The Kier molecular flexibility index (Phi) is 3.68. The van der Waals surface area contributed by atoms with Gasteiger partial charge in [-0.25, -0.2) is 4.68 Å². The van der Waals surface area contributed by atoms with Crippen LogP contribution in [0.1, 0.15) is 42.6 Å². The number of nitrogens with zero attached hydrogens (tertiary/aromatic N) is 2. The molecule has 2 fully saturated rings. The molecule has 5 nitrogen and oxygen atoms in total. The number of carbonyl (C=O) groups is 1. The maximum atomic E-state index is 11.7. The monoisotopic (exact) mass is 374 g/mol. The van der Waals surface area contributed by atoms with Crippen molar-refractivity contribution in [2.24, 2.45) is 17.1 Å². The highest BCUT2D eigenvalue weighted by Crippen LogP contribution is 2.70. The molecule has 2 aliphatic rings. The number of primary amides is 1. The summed E-state index contributed by atoms with van der Waals surface area (Å²) in [7, 11) is 0. The van der Waals surface area contributed by atoms with Gasteiger partial charge in [0.05, 0.1) is 11.3 Å². The number of amides is 1. The molecule has 2 unspecified atom stereocenters. The molecule has 5 rings (SSSR count). The normalized spacial score (nSPS) is 26.4. The molecule has 5 heteroatoms. The van der Waals surface area contributed by atoms with Crippen LogP contribution in [0.2, 0.25) is 0 Å². The number of aromatic nitrogens is 2. The van der Waals surface area contributed by atoms with Crippen molar-refractivity contribution in [3.8, 4) is 5.69 Å². The maximum Gasteiger partial charge on any atom is 0.250 e. The van der Waals surface area contributed by atoms with Crippen LogP contribution in [0.3, 0.4) is 0 Å². The van der Waals surface area contributed by atoms with Crippen molar-refractivity contribution in [3.05, 3.63) is 59.8 Å². The second kappa shape index (κ2) is 5.92. The molecular weight excluding hydrogens is 348 g/mol. The first-order chi connectivity index (χ1) is 13.5. The summed E-state index contributed by atoms with van der Waals surface area (Å²) in [5.41, 5.74) is 9.76. The maximum absolute atomic E-state index is 11.7. The molecular formula is C23H26N4O. The van der Waals surface area contributed by atoms with E-state index in [2.05, 4.69) is 48.5 Å². The first-order valence-corrected chi connectivity index (χ1v) is 10.1. The van der Waals surface area contributed by atoms with Crippen LogP contribution in [0.4, 0.5) is 0 Å². The van der Waals surface area contributed by atoms with E-state index in [0.717, 1.165) is 24.2 Å². The van der Waals surface area contributed by atoms with Crippen LogP contribution >= 0.6 is 0 Å². The van der Waals surface area contributed by atoms with Gasteiger partial charge in [-0.15, -0.1) is 0 Å². The molecule has 144 valence electrons. The van der Waals surface area contributed by atoms with Gasteiger partial charge < -0.3 is 11.1 Å². The van der Waals surface area contributed by atoms with Gasteiger partial charge in [-0.05, 0) is 54.5 Å². The smallest absolute Gasteiger partial charge is 0.250 e. The number of hydrogen-bond donors (Lipinski definition) is 2. The number of nitrogens with two attached hydrogens (primary N) is 1. The third-order valence-electron chi connectivity index (χ3n) is 7.21. The second-order valence-corrected chi connectivity index (χ2v) is 8.72. The van der Waals surface area contributed by atoms with Crippen LogP contribution < -0.4 is 11.1 Å². The van der Waals surface area contributed by atoms with Crippen LogP contribution in [0.15, 0.2) is 48.7 Å². The fourth-order valence-corrected chi connectivity index (χ4v) is 5.48. The molecule has 0 spiro atoms. The summed E-state index contributed by atoms with van der Waals surface area (Å²) >= 11 is 0. The molecule has 0 bridgehead atoms. The van der Waals surface area contributed by atoms with Crippen LogP contribution in [0.25, 0.3) is 16.6 Å². The summed E-state index contributed by atoms with van der Waals surface area (Å²) in [4.78, 5) is 11.7. The summed E-state index contributed by atoms with van der Waals surface area (Å²) in [6, 6.07) is 14.3. The fourth-order valence-electron chi connectivity index (χ4n) is 5.48. The number of carbonyl (C=O) groups excluding carboxylic acids is 1. The quantitative estimate of drug-likeness (QED) is 0.735. The van der Waals surface area contributed by atoms with Gasteiger partial charge in [-0.1, -0.05) is 38.1 Å². The van der Waals surface area contributed by atoms with E-state index in [9.17, 15) is 4.79 Å². The highest BCUT2D eigenvalue weighted by molar-refractivity contribution is 6.04. The number of rotatable bonds is 4. The standard InChI is InChI=1S/C23H26N4O/c1-15(2)23-13-22(23,10-11-25-14-23)17-6-8-18(9-7-17)27-12-16-4-3-5-19(21(24)28)20(16)26-27/h3-9,12,15,25H,10-11,13-14H2,1-2H3,(H2,24,28). The number of nitrogens with one attached hydrogen (secondary N) is 1. The molecule has 1 saturated carbocycles. The van der Waals surface area contributed by atoms with E-state index in [1.54, 1.807) is 6.07 Å². The zero-order valence-electron chi connectivity index (χ0n) is 16.4. The van der Waals surface area contributed by atoms with Gasteiger partial charge in [0.2, 0.25) is 0 Å². The predicted octanol–water partition coefficient (Wildman–Crippen LogP) is 3.40. The molecule has 1 aromatic heterocycles. The Balaban J connectivity index is 1.50. The Labute approximate surface area is 164 Å². The Hall–Kier alpha value is -2.66. The third-order valence-corrected chi connectivity index (χ3v) is 7.21. The highest BCUT2D eigenvalue weighted by atomic mass is 16.1. The zero-order chi connectivity index (χ0) is 19.5. The van der Waals surface area contributed by atoms with Crippen LogP contribution in [0, 0.1) is 11.3 Å². The van der Waals surface area contributed by atoms with Crippen LogP contribution in [-0.2, 0) is 5.41 Å². The summed E-state index contributed by atoms with van der Waals surface area (Å²) in [6.07, 6.45) is 4.44. The first kappa shape index (κ1) is 17.4. The van der Waals surface area contributed by atoms with Gasteiger partial charge in [0.1, 0.15) is 5.52 Å². The van der Waals surface area contributed by atoms with E-state index >= 15 is 0 Å². The van der Waals surface area contributed by atoms with Crippen molar-refractivity contribution in [2.75, 3.05) is 13.1 Å². The Morgan fingerprint density at radius 1 is 1.21 bits per heavy atom. The fraction of sp³-hybridized carbons (Fsp3) is 0.391. The zero-order valence-corrected chi connectivity index (χ0v) is 16.4. The minimum Gasteiger partial charge on any atom is -0.366 e. The van der Waals surface area contributed by atoms with Crippen molar-refractivity contribution >= 4 is 16.8 Å². The molecule has 1 aliphatic carbocycles. The second-order valence-electron chi connectivity index (χ2n) is 8.72.